The molecule has 1 aliphatic heterocycles. The quantitative estimate of drug-likeness (QED) is 0.377. The van der Waals surface area contributed by atoms with Crippen molar-refractivity contribution < 1.29 is 23.3 Å². The van der Waals surface area contributed by atoms with Crippen molar-refractivity contribution in [2.45, 2.75) is 44.9 Å². The molecule has 0 aliphatic carbocycles. The lowest BCUT2D eigenvalue weighted by Gasteiger charge is -2.31. The summed E-state index contributed by atoms with van der Waals surface area (Å²) in [5.74, 6) is 1.37. The maximum Gasteiger partial charge on any atom is 0.165 e. The molecule has 0 radical (unpaired) electrons. The van der Waals surface area contributed by atoms with E-state index in [1.807, 2.05) is 30.1 Å². The van der Waals surface area contributed by atoms with Crippen LogP contribution in [0.4, 0.5) is 4.39 Å². The van der Waals surface area contributed by atoms with Crippen LogP contribution >= 0.6 is 0 Å². The second-order valence-corrected chi connectivity index (χ2v) is 9.35. The second kappa shape index (κ2) is 12.2. The average Bonchev–Trinajstić information content (AvgIpc) is 3.19. The molecule has 36 heavy (non-hydrogen) atoms. The van der Waals surface area contributed by atoms with Gasteiger partial charge in [-0.3, -0.25) is 9.58 Å². The minimum atomic E-state index is -0.434. The van der Waals surface area contributed by atoms with Gasteiger partial charge in [-0.05, 0) is 68.1 Å². The molecule has 1 saturated heterocycles. The molecule has 1 unspecified atom stereocenters. The highest BCUT2D eigenvalue weighted by atomic mass is 19.1. The van der Waals surface area contributed by atoms with Gasteiger partial charge in [0.05, 0.1) is 19.9 Å². The van der Waals surface area contributed by atoms with Crippen LogP contribution in [0.3, 0.4) is 0 Å². The number of aryl methyl sites for hydroxylation is 1. The maximum absolute atomic E-state index is 14.0. The normalized spacial score (nSPS) is 18.6. The fourth-order valence-electron chi connectivity index (χ4n) is 4.59. The van der Waals surface area contributed by atoms with Gasteiger partial charge in [-0.2, -0.15) is 5.10 Å². The number of ether oxygens (including phenoxy) is 4. The van der Waals surface area contributed by atoms with Gasteiger partial charge in [0.2, 0.25) is 0 Å². The van der Waals surface area contributed by atoms with Gasteiger partial charge in [-0.1, -0.05) is 18.2 Å². The summed E-state index contributed by atoms with van der Waals surface area (Å²) in [4.78, 5) is 2.42. The summed E-state index contributed by atoms with van der Waals surface area (Å²) in [6.45, 7) is 6.12. The lowest BCUT2D eigenvalue weighted by molar-refractivity contribution is -0.0548. The Kier molecular flexibility index (Phi) is 8.83. The van der Waals surface area contributed by atoms with Gasteiger partial charge in [0, 0.05) is 26.4 Å². The summed E-state index contributed by atoms with van der Waals surface area (Å²) >= 11 is 0. The first-order valence-corrected chi connectivity index (χ1v) is 12.4. The topological polar surface area (TPSA) is 58.0 Å². The van der Waals surface area contributed by atoms with Crippen molar-refractivity contribution in [3.8, 4) is 17.2 Å². The highest BCUT2D eigenvalue weighted by Gasteiger charge is 2.34. The summed E-state index contributed by atoms with van der Waals surface area (Å²) in [6, 6.07) is 12.6. The first kappa shape index (κ1) is 26.0. The number of rotatable bonds is 11. The third-order valence-corrected chi connectivity index (χ3v) is 6.73. The monoisotopic (exact) mass is 497 g/mol. The number of hydrogen-bond acceptors (Lipinski definition) is 6. The molecule has 4 rings (SSSR count). The highest BCUT2D eigenvalue weighted by molar-refractivity contribution is 5.43. The lowest BCUT2D eigenvalue weighted by atomic mass is 9.95. The Labute approximate surface area is 212 Å². The van der Waals surface area contributed by atoms with Crippen molar-refractivity contribution in [3.63, 3.8) is 0 Å². The van der Waals surface area contributed by atoms with Gasteiger partial charge in [0.1, 0.15) is 18.8 Å². The fraction of sp³-hybridized carbons (Fsp3) is 0.464. The molecule has 0 bridgehead atoms. The molecule has 1 aromatic heterocycles. The van der Waals surface area contributed by atoms with E-state index in [2.05, 4.69) is 22.1 Å². The van der Waals surface area contributed by atoms with E-state index in [4.69, 9.17) is 18.9 Å². The zero-order valence-corrected chi connectivity index (χ0v) is 21.4. The van der Waals surface area contributed by atoms with Crippen molar-refractivity contribution in [1.82, 2.24) is 14.7 Å². The third kappa shape index (κ3) is 6.77. The van der Waals surface area contributed by atoms with E-state index < -0.39 is 5.60 Å². The first-order valence-electron chi connectivity index (χ1n) is 12.4. The average molecular weight is 498 g/mol. The number of hydrogen-bond donors (Lipinski definition) is 0. The molecule has 3 aromatic rings. The van der Waals surface area contributed by atoms with Crippen LogP contribution in [0, 0.1) is 12.7 Å². The summed E-state index contributed by atoms with van der Waals surface area (Å²) < 4.78 is 39.2. The second-order valence-electron chi connectivity index (χ2n) is 9.35. The molecule has 2 heterocycles. The number of likely N-dealkylation sites (tertiary alicyclic amines) is 1. The van der Waals surface area contributed by atoms with Crippen LogP contribution in [-0.4, -0.2) is 60.8 Å². The van der Waals surface area contributed by atoms with Crippen molar-refractivity contribution in [2.75, 3.05) is 40.5 Å². The zero-order chi connectivity index (χ0) is 25.4. The predicted molar refractivity (Wildman–Crippen MR) is 136 cm³/mol. The minimum absolute atomic E-state index is 0.267. The molecule has 1 atom stereocenters. The van der Waals surface area contributed by atoms with E-state index in [1.54, 1.807) is 32.4 Å². The summed E-state index contributed by atoms with van der Waals surface area (Å²) in [5, 5.41) is 4.31. The Bertz CT molecular complexity index is 1120. The Hall–Kier alpha value is -3.10. The molecular weight excluding hydrogens is 461 g/mol. The van der Waals surface area contributed by atoms with Gasteiger partial charge >= 0.3 is 0 Å². The van der Waals surface area contributed by atoms with Crippen LogP contribution in [0.5, 0.6) is 17.2 Å². The molecule has 7 nitrogen and oxygen atoms in total. The highest BCUT2D eigenvalue weighted by Crippen LogP contribution is 2.31. The van der Waals surface area contributed by atoms with Crippen LogP contribution < -0.4 is 14.2 Å². The van der Waals surface area contributed by atoms with Gasteiger partial charge in [0.15, 0.2) is 23.1 Å². The van der Waals surface area contributed by atoms with Crippen LogP contribution in [0.15, 0.2) is 54.9 Å². The lowest BCUT2D eigenvalue weighted by Crippen LogP contribution is -2.39. The standard InChI is InChI=1S/C28H36FN3O4/c1-22-18-30-32(19-22)15-16-35-27-17-23(9-10-26(27)33-2)20-31-13-6-11-28(34-3,12-14-31)21-36-25-8-5-4-7-24(25)29/h4-5,7-10,17-19H,6,11-16,20-21H2,1-3H3. The van der Waals surface area contributed by atoms with Gasteiger partial charge in [-0.25, -0.2) is 4.39 Å². The molecule has 194 valence electrons. The van der Waals surface area contributed by atoms with E-state index in [-0.39, 0.29) is 11.6 Å². The van der Waals surface area contributed by atoms with Gasteiger partial charge < -0.3 is 18.9 Å². The number of benzene rings is 2. The first-order chi connectivity index (χ1) is 17.5. The van der Waals surface area contributed by atoms with E-state index >= 15 is 0 Å². The van der Waals surface area contributed by atoms with Crippen LogP contribution in [0.2, 0.25) is 0 Å². The minimum Gasteiger partial charge on any atom is -0.493 e. The number of nitrogens with zero attached hydrogens (tertiary/aromatic N) is 3. The smallest absolute Gasteiger partial charge is 0.165 e. The van der Waals surface area contributed by atoms with Crippen molar-refractivity contribution in [2.24, 2.45) is 0 Å². The molecule has 8 heteroatoms. The zero-order valence-electron chi connectivity index (χ0n) is 21.4. The Balaban J connectivity index is 1.34. The largest absolute Gasteiger partial charge is 0.493 e. The van der Waals surface area contributed by atoms with Gasteiger partial charge in [-0.15, -0.1) is 0 Å². The third-order valence-electron chi connectivity index (χ3n) is 6.73. The van der Waals surface area contributed by atoms with Crippen molar-refractivity contribution in [1.29, 1.82) is 0 Å². The van der Waals surface area contributed by atoms with E-state index in [0.29, 0.717) is 19.8 Å². The number of methoxy groups -OCH3 is 2. The molecule has 0 spiro atoms. The number of halogens is 1. The SMILES string of the molecule is COc1ccc(CN2CCCC(COc3ccccc3F)(OC)CC2)cc1OCCn1cc(C)cn1. The fourth-order valence-corrected chi connectivity index (χ4v) is 4.59. The van der Waals surface area contributed by atoms with Crippen molar-refractivity contribution in [3.05, 3.63) is 71.8 Å². The molecule has 2 aromatic carbocycles. The van der Waals surface area contributed by atoms with E-state index in [1.165, 1.54) is 6.07 Å². The molecule has 0 amide bonds. The van der Waals surface area contributed by atoms with E-state index in [0.717, 1.165) is 61.5 Å². The predicted octanol–water partition coefficient (Wildman–Crippen LogP) is 4.87. The van der Waals surface area contributed by atoms with Crippen LogP contribution in [-0.2, 0) is 17.8 Å². The molecular formula is C28H36FN3O4. The number of para-hydroxylation sites is 1. The van der Waals surface area contributed by atoms with Crippen LogP contribution in [0.25, 0.3) is 0 Å². The summed E-state index contributed by atoms with van der Waals surface area (Å²) in [6.07, 6.45) is 6.47. The Morgan fingerprint density at radius 1 is 1.00 bits per heavy atom. The molecule has 0 N–H and O–H groups in total. The Morgan fingerprint density at radius 2 is 1.86 bits per heavy atom. The number of aromatic nitrogens is 2. The Morgan fingerprint density at radius 3 is 2.61 bits per heavy atom. The van der Waals surface area contributed by atoms with Crippen molar-refractivity contribution >= 4 is 0 Å². The summed E-state index contributed by atoms with van der Waals surface area (Å²) in [5.41, 5.74) is 1.85. The molecule has 1 fully saturated rings. The maximum atomic E-state index is 14.0. The molecule has 1 aliphatic rings. The van der Waals surface area contributed by atoms with Gasteiger partial charge in [0.25, 0.3) is 0 Å². The van der Waals surface area contributed by atoms with Crippen LogP contribution in [0.1, 0.15) is 30.4 Å². The summed E-state index contributed by atoms with van der Waals surface area (Å²) in [7, 11) is 3.37. The molecule has 0 saturated carbocycles. The van der Waals surface area contributed by atoms with E-state index in [9.17, 15) is 4.39 Å².